The minimum atomic E-state index is -4.41. The lowest BCUT2D eigenvalue weighted by atomic mass is 10.1. The Balaban J connectivity index is 4.20. The van der Waals surface area contributed by atoms with E-state index in [-0.39, 0.29) is 32.6 Å². The molecule has 0 aliphatic carbocycles. The summed E-state index contributed by atoms with van der Waals surface area (Å²) in [5.74, 6) is -0.981. The summed E-state index contributed by atoms with van der Waals surface area (Å²) in [6, 6.07) is 0. The minimum absolute atomic E-state index is 0.00475. The molecule has 0 heterocycles. The quantitative estimate of drug-likeness (QED) is 0.0267. The second kappa shape index (κ2) is 43.0. The van der Waals surface area contributed by atoms with Crippen molar-refractivity contribution in [2.45, 2.75) is 187 Å². The third-order valence-corrected chi connectivity index (χ3v) is 10.1. The van der Waals surface area contributed by atoms with Gasteiger partial charge >= 0.3 is 19.8 Å². The van der Waals surface area contributed by atoms with Crippen molar-refractivity contribution in [3.63, 3.8) is 0 Å². The molecular weight excluding hydrogens is 737 g/mol. The van der Waals surface area contributed by atoms with Gasteiger partial charge in [0.15, 0.2) is 6.10 Å². The molecule has 57 heavy (non-hydrogen) atoms. The average Bonchev–Trinajstić information content (AvgIpc) is 3.20. The second-order valence-corrected chi connectivity index (χ2v) is 16.0. The first kappa shape index (κ1) is 54.5. The van der Waals surface area contributed by atoms with Crippen molar-refractivity contribution in [3.05, 3.63) is 72.9 Å². The lowest BCUT2D eigenvalue weighted by molar-refractivity contribution is -0.160. The molecule has 0 aromatic carbocycles. The van der Waals surface area contributed by atoms with Crippen LogP contribution in [0, 0.1) is 0 Å². The third kappa shape index (κ3) is 42.9. The smallest absolute Gasteiger partial charge is 0.462 e. The maximum absolute atomic E-state index is 12.5. The zero-order valence-electron chi connectivity index (χ0n) is 36.0. The Hall–Kier alpha value is -2.55. The van der Waals surface area contributed by atoms with Crippen LogP contribution in [0.15, 0.2) is 72.9 Å². The molecule has 0 radical (unpaired) electrons. The Morgan fingerprint density at radius 3 is 1.51 bits per heavy atom. The van der Waals surface area contributed by atoms with E-state index in [9.17, 15) is 19.0 Å². The average molecular weight is 820 g/mol. The van der Waals surface area contributed by atoms with Crippen molar-refractivity contribution in [2.75, 3.05) is 26.4 Å². The number of carbonyl (C=O) groups is 2. The fourth-order valence-corrected chi connectivity index (χ4v) is 6.59. The number of rotatable bonds is 41. The number of allylic oxidation sites excluding steroid dienone is 11. The molecule has 0 aromatic heterocycles. The molecule has 2 unspecified atom stereocenters. The summed E-state index contributed by atoms with van der Waals surface area (Å²) in [6.07, 6.45) is 52.6. The maximum atomic E-state index is 12.5. The van der Waals surface area contributed by atoms with E-state index in [1.54, 1.807) is 6.08 Å². The highest BCUT2D eigenvalue weighted by Crippen LogP contribution is 2.43. The van der Waals surface area contributed by atoms with Gasteiger partial charge in [0.05, 0.1) is 19.6 Å². The molecule has 0 fully saturated rings. The fourth-order valence-electron chi connectivity index (χ4n) is 5.82. The molecule has 0 aliphatic rings. The van der Waals surface area contributed by atoms with Crippen LogP contribution in [0.5, 0.6) is 0 Å². The summed E-state index contributed by atoms with van der Waals surface area (Å²) in [6.45, 7) is 3.50. The fraction of sp³-hybridized carbons (Fsp3) is 0.702. The normalized spacial score (nSPS) is 14.0. The maximum Gasteiger partial charge on any atom is 0.472 e. The van der Waals surface area contributed by atoms with Gasteiger partial charge in [-0.25, -0.2) is 4.57 Å². The molecule has 0 aliphatic heterocycles. The van der Waals surface area contributed by atoms with Gasteiger partial charge in [-0.1, -0.05) is 177 Å². The van der Waals surface area contributed by atoms with E-state index in [1.165, 1.54) is 96.3 Å². The topological polar surface area (TPSA) is 134 Å². The molecule has 0 bridgehead atoms. The Morgan fingerprint density at radius 1 is 0.561 bits per heavy atom. The largest absolute Gasteiger partial charge is 0.472 e. The Labute approximate surface area is 348 Å². The predicted molar refractivity (Wildman–Crippen MR) is 238 cm³/mol. The summed E-state index contributed by atoms with van der Waals surface area (Å²) >= 11 is 0. The minimum Gasteiger partial charge on any atom is -0.462 e. The highest BCUT2D eigenvalue weighted by molar-refractivity contribution is 7.47. The molecule has 2 atom stereocenters. The van der Waals surface area contributed by atoms with E-state index < -0.39 is 32.5 Å². The molecule has 0 spiro atoms. The van der Waals surface area contributed by atoms with Gasteiger partial charge in [0.1, 0.15) is 6.61 Å². The number of hydrogen-bond acceptors (Lipinski definition) is 8. The SMILES string of the molecule is CC/C=C\C/C=C\C/C=C\C/C=C\C/C=C\CC(=O)OC(COC(=O)CCCCCCCCCCC/C=C\CCCCCCCCCC)COP(=O)(O)OCCN. The van der Waals surface area contributed by atoms with Gasteiger partial charge in [0, 0.05) is 13.0 Å². The number of phosphoric acid groups is 1. The van der Waals surface area contributed by atoms with Crippen molar-refractivity contribution in [1.82, 2.24) is 0 Å². The van der Waals surface area contributed by atoms with Gasteiger partial charge in [-0.15, -0.1) is 0 Å². The van der Waals surface area contributed by atoms with Crippen molar-refractivity contribution in [3.8, 4) is 0 Å². The predicted octanol–water partition coefficient (Wildman–Crippen LogP) is 13.1. The summed E-state index contributed by atoms with van der Waals surface area (Å²) < 4.78 is 32.6. The summed E-state index contributed by atoms with van der Waals surface area (Å²) in [7, 11) is -4.41. The van der Waals surface area contributed by atoms with Crippen LogP contribution >= 0.6 is 7.82 Å². The second-order valence-electron chi connectivity index (χ2n) is 14.5. The molecular formula is C47H82NO8P. The van der Waals surface area contributed by atoms with Gasteiger partial charge < -0.3 is 20.1 Å². The first-order valence-corrected chi connectivity index (χ1v) is 23.9. The van der Waals surface area contributed by atoms with E-state index >= 15 is 0 Å². The molecule has 0 saturated carbocycles. The van der Waals surface area contributed by atoms with Crippen LogP contribution in [0.25, 0.3) is 0 Å². The van der Waals surface area contributed by atoms with Crippen molar-refractivity contribution < 1.29 is 37.6 Å². The van der Waals surface area contributed by atoms with Gasteiger partial charge in [-0.3, -0.25) is 18.6 Å². The highest BCUT2D eigenvalue weighted by Gasteiger charge is 2.25. The van der Waals surface area contributed by atoms with E-state index in [0.29, 0.717) is 12.8 Å². The molecule has 0 saturated heterocycles. The van der Waals surface area contributed by atoms with E-state index in [1.807, 2.05) is 12.2 Å². The number of esters is 2. The Bertz CT molecular complexity index is 1160. The number of hydrogen-bond donors (Lipinski definition) is 2. The molecule has 10 heteroatoms. The van der Waals surface area contributed by atoms with Gasteiger partial charge in [-0.2, -0.15) is 0 Å². The summed E-state index contributed by atoms with van der Waals surface area (Å²) in [5.41, 5.74) is 5.34. The summed E-state index contributed by atoms with van der Waals surface area (Å²) in [5, 5.41) is 0. The molecule has 9 nitrogen and oxygen atoms in total. The van der Waals surface area contributed by atoms with E-state index in [4.69, 9.17) is 24.3 Å². The molecule has 0 aromatic rings. The molecule has 3 N–H and O–H groups in total. The lowest BCUT2D eigenvalue weighted by Crippen LogP contribution is -2.29. The standard InChI is InChI=1S/C47H82NO8P/c1-3-5-7-9-11-13-15-17-19-20-21-22-23-24-26-27-29-31-33-35-37-39-46(49)53-43-45(44-55-57(51,52)54-42-41-48)56-47(50)40-38-36-34-32-30-28-25-18-16-14-12-10-8-6-4-2/h6,8,12,14,18,20-21,25,30,32,36,38,45H,3-5,7,9-11,13,15-17,19,22-24,26-29,31,33-35,37,39-44,48H2,1-2H3,(H,51,52)/b8-6-,14-12-,21-20-,25-18-,32-30-,38-36-. The van der Waals surface area contributed by atoms with E-state index in [2.05, 4.69) is 68.5 Å². The van der Waals surface area contributed by atoms with Crippen LogP contribution in [0.1, 0.15) is 181 Å². The number of unbranched alkanes of at least 4 members (excludes halogenated alkanes) is 17. The molecule has 0 rings (SSSR count). The van der Waals surface area contributed by atoms with Crippen LogP contribution in [0.4, 0.5) is 0 Å². The van der Waals surface area contributed by atoms with Crippen LogP contribution in [0.2, 0.25) is 0 Å². The van der Waals surface area contributed by atoms with Crippen molar-refractivity contribution >= 4 is 19.8 Å². The van der Waals surface area contributed by atoms with Gasteiger partial charge in [0.25, 0.3) is 0 Å². The molecule has 0 amide bonds. The zero-order valence-corrected chi connectivity index (χ0v) is 36.9. The number of carbonyl (C=O) groups excluding carboxylic acids is 2. The number of phosphoric ester groups is 1. The van der Waals surface area contributed by atoms with Crippen LogP contribution in [0.3, 0.4) is 0 Å². The van der Waals surface area contributed by atoms with Gasteiger partial charge in [0.2, 0.25) is 0 Å². The first-order chi connectivity index (χ1) is 27.8. The Morgan fingerprint density at radius 2 is 1.02 bits per heavy atom. The zero-order chi connectivity index (χ0) is 41.8. The van der Waals surface area contributed by atoms with E-state index in [0.717, 1.165) is 44.9 Å². The summed E-state index contributed by atoms with van der Waals surface area (Å²) in [4.78, 5) is 34.8. The lowest BCUT2D eigenvalue weighted by Gasteiger charge is -2.19. The Kier molecular flexibility index (Phi) is 41.1. The van der Waals surface area contributed by atoms with Crippen LogP contribution in [-0.2, 0) is 32.7 Å². The first-order valence-electron chi connectivity index (χ1n) is 22.4. The van der Waals surface area contributed by atoms with Crippen LogP contribution in [-0.4, -0.2) is 49.3 Å². The van der Waals surface area contributed by atoms with Crippen molar-refractivity contribution in [2.24, 2.45) is 5.73 Å². The monoisotopic (exact) mass is 820 g/mol. The number of ether oxygens (including phenoxy) is 2. The highest BCUT2D eigenvalue weighted by atomic mass is 31.2. The van der Waals surface area contributed by atoms with Gasteiger partial charge in [-0.05, 0) is 64.2 Å². The van der Waals surface area contributed by atoms with Crippen LogP contribution < -0.4 is 5.73 Å². The molecule has 328 valence electrons. The third-order valence-electron chi connectivity index (χ3n) is 9.11. The van der Waals surface area contributed by atoms with Crippen molar-refractivity contribution in [1.29, 1.82) is 0 Å². The number of nitrogens with two attached hydrogens (primary N) is 1.